The summed E-state index contributed by atoms with van der Waals surface area (Å²) in [5, 5.41) is 0. The van der Waals surface area contributed by atoms with Crippen LogP contribution >= 0.6 is 0 Å². The van der Waals surface area contributed by atoms with Crippen molar-refractivity contribution in [2.24, 2.45) is 5.73 Å². The van der Waals surface area contributed by atoms with Gasteiger partial charge in [0.05, 0.1) is 0 Å². The van der Waals surface area contributed by atoms with E-state index in [1.54, 1.807) is 0 Å². The number of ether oxygens (including phenoxy) is 1. The lowest BCUT2D eigenvalue weighted by molar-refractivity contribution is 0.458. The first kappa shape index (κ1) is 14.5. The lowest BCUT2D eigenvalue weighted by Gasteiger charge is -2.11. The number of aromatic nitrogens is 1. The summed E-state index contributed by atoms with van der Waals surface area (Å²) in [6, 6.07) is 10.3. The van der Waals surface area contributed by atoms with E-state index >= 15 is 0 Å². The van der Waals surface area contributed by atoms with Gasteiger partial charge >= 0.3 is 0 Å². The summed E-state index contributed by atoms with van der Waals surface area (Å²) in [6.45, 7) is 6.18. The minimum absolute atomic E-state index is 0.197. The minimum Gasteiger partial charge on any atom is -0.439 e. The van der Waals surface area contributed by atoms with E-state index in [-0.39, 0.29) is 6.04 Å². The third-order valence-electron chi connectivity index (χ3n) is 3.38. The van der Waals surface area contributed by atoms with Gasteiger partial charge in [-0.1, -0.05) is 25.1 Å². The molecule has 1 unspecified atom stereocenters. The van der Waals surface area contributed by atoms with Crippen LogP contribution in [0.5, 0.6) is 11.6 Å². The van der Waals surface area contributed by atoms with Gasteiger partial charge < -0.3 is 10.5 Å². The molecular weight excluding hydrogens is 248 g/mol. The van der Waals surface area contributed by atoms with E-state index in [9.17, 15) is 0 Å². The SMILES string of the molecule is CCC(N)Cc1ccc(Oc2cc(C)ccc2C)nc1. The zero-order valence-electron chi connectivity index (χ0n) is 12.4. The molecule has 0 fully saturated rings. The number of nitrogens with zero attached hydrogens (tertiary/aromatic N) is 1. The van der Waals surface area contributed by atoms with E-state index in [0.29, 0.717) is 5.88 Å². The van der Waals surface area contributed by atoms with Crippen molar-refractivity contribution in [3.05, 3.63) is 53.2 Å². The second-order valence-electron chi connectivity index (χ2n) is 5.25. The highest BCUT2D eigenvalue weighted by molar-refractivity contribution is 5.38. The predicted octanol–water partition coefficient (Wildman–Crippen LogP) is 3.77. The Bertz CT molecular complexity index is 564. The highest BCUT2D eigenvalue weighted by Crippen LogP contribution is 2.24. The fraction of sp³-hybridized carbons (Fsp3) is 0.353. The van der Waals surface area contributed by atoms with Crippen molar-refractivity contribution in [3.8, 4) is 11.6 Å². The Balaban J connectivity index is 2.09. The molecule has 2 rings (SSSR count). The second-order valence-corrected chi connectivity index (χ2v) is 5.25. The Hall–Kier alpha value is -1.87. The zero-order valence-corrected chi connectivity index (χ0v) is 12.4. The van der Waals surface area contributed by atoms with Crippen LogP contribution in [0.4, 0.5) is 0 Å². The molecular formula is C17H22N2O. The summed E-state index contributed by atoms with van der Waals surface area (Å²) < 4.78 is 5.83. The van der Waals surface area contributed by atoms with Crippen molar-refractivity contribution in [2.75, 3.05) is 0 Å². The Morgan fingerprint density at radius 1 is 1.20 bits per heavy atom. The Labute approximate surface area is 120 Å². The van der Waals surface area contributed by atoms with Crippen molar-refractivity contribution < 1.29 is 4.74 Å². The fourth-order valence-electron chi connectivity index (χ4n) is 1.97. The first-order valence-corrected chi connectivity index (χ1v) is 7.04. The maximum atomic E-state index is 5.94. The normalized spacial score (nSPS) is 12.2. The molecule has 0 saturated carbocycles. The average Bonchev–Trinajstić information content (AvgIpc) is 2.45. The summed E-state index contributed by atoms with van der Waals surface area (Å²) in [5.41, 5.74) is 9.37. The summed E-state index contributed by atoms with van der Waals surface area (Å²) in [7, 11) is 0. The molecule has 0 saturated heterocycles. The predicted molar refractivity (Wildman–Crippen MR) is 82.2 cm³/mol. The Kier molecular flexibility index (Phi) is 4.74. The molecule has 3 heteroatoms. The number of hydrogen-bond acceptors (Lipinski definition) is 3. The van der Waals surface area contributed by atoms with Gasteiger partial charge in [0.25, 0.3) is 0 Å². The van der Waals surface area contributed by atoms with Crippen LogP contribution < -0.4 is 10.5 Å². The summed E-state index contributed by atoms with van der Waals surface area (Å²) >= 11 is 0. The van der Waals surface area contributed by atoms with E-state index in [1.807, 2.05) is 31.3 Å². The number of nitrogens with two attached hydrogens (primary N) is 1. The van der Waals surface area contributed by atoms with Crippen LogP contribution in [0.15, 0.2) is 36.5 Å². The molecule has 0 aliphatic rings. The van der Waals surface area contributed by atoms with E-state index in [1.165, 1.54) is 5.56 Å². The van der Waals surface area contributed by atoms with Gasteiger partial charge in [-0.25, -0.2) is 4.98 Å². The lowest BCUT2D eigenvalue weighted by Crippen LogP contribution is -2.21. The number of rotatable bonds is 5. The molecule has 1 heterocycles. The molecule has 2 N–H and O–H groups in total. The van der Waals surface area contributed by atoms with Gasteiger partial charge in [0.2, 0.25) is 5.88 Å². The van der Waals surface area contributed by atoms with E-state index in [2.05, 4.69) is 31.0 Å². The topological polar surface area (TPSA) is 48.1 Å². The Morgan fingerprint density at radius 3 is 2.65 bits per heavy atom. The van der Waals surface area contributed by atoms with Gasteiger partial charge in [-0.2, -0.15) is 0 Å². The van der Waals surface area contributed by atoms with Crippen molar-refractivity contribution in [3.63, 3.8) is 0 Å². The zero-order chi connectivity index (χ0) is 14.5. The maximum absolute atomic E-state index is 5.94. The van der Waals surface area contributed by atoms with Crippen molar-refractivity contribution in [2.45, 2.75) is 39.7 Å². The minimum atomic E-state index is 0.197. The number of hydrogen-bond donors (Lipinski definition) is 1. The molecule has 0 spiro atoms. The maximum Gasteiger partial charge on any atom is 0.219 e. The third kappa shape index (κ3) is 3.81. The van der Waals surface area contributed by atoms with Crippen molar-refractivity contribution in [1.82, 2.24) is 4.98 Å². The molecule has 1 aromatic heterocycles. The van der Waals surface area contributed by atoms with E-state index in [0.717, 1.165) is 29.7 Å². The fourth-order valence-corrected chi connectivity index (χ4v) is 1.97. The van der Waals surface area contributed by atoms with Gasteiger partial charge in [-0.05, 0) is 49.4 Å². The summed E-state index contributed by atoms with van der Waals surface area (Å²) in [4.78, 5) is 4.35. The van der Waals surface area contributed by atoms with Crippen LogP contribution in [0.2, 0.25) is 0 Å². The second kappa shape index (κ2) is 6.53. The largest absolute Gasteiger partial charge is 0.439 e. The standard InChI is InChI=1S/C17H22N2O/c1-4-15(18)10-14-7-8-17(19-11-14)20-16-9-12(2)5-6-13(16)3/h5-9,11,15H,4,10,18H2,1-3H3. The third-order valence-corrected chi connectivity index (χ3v) is 3.38. The van der Waals surface area contributed by atoms with Gasteiger partial charge in [0.15, 0.2) is 0 Å². The smallest absolute Gasteiger partial charge is 0.219 e. The molecule has 0 aliphatic heterocycles. The summed E-state index contributed by atoms with van der Waals surface area (Å²) in [5.74, 6) is 1.48. The quantitative estimate of drug-likeness (QED) is 0.899. The van der Waals surface area contributed by atoms with Crippen molar-refractivity contribution in [1.29, 1.82) is 0 Å². The van der Waals surface area contributed by atoms with Crippen molar-refractivity contribution >= 4 is 0 Å². The molecule has 1 aromatic carbocycles. The Morgan fingerprint density at radius 2 is 2.00 bits per heavy atom. The molecule has 106 valence electrons. The molecule has 1 atom stereocenters. The van der Waals surface area contributed by atoms with Crippen LogP contribution in [-0.4, -0.2) is 11.0 Å². The average molecular weight is 270 g/mol. The van der Waals surface area contributed by atoms with Crippen LogP contribution in [0.3, 0.4) is 0 Å². The van der Waals surface area contributed by atoms with Gasteiger partial charge in [-0.3, -0.25) is 0 Å². The summed E-state index contributed by atoms with van der Waals surface area (Å²) in [6.07, 6.45) is 3.67. The van der Waals surface area contributed by atoms with Crippen LogP contribution in [0, 0.1) is 13.8 Å². The molecule has 0 amide bonds. The number of aryl methyl sites for hydroxylation is 2. The number of benzene rings is 1. The molecule has 2 aromatic rings. The van der Waals surface area contributed by atoms with E-state index < -0.39 is 0 Å². The monoisotopic (exact) mass is 270 g/mol. The molecule has 3 nitrogen and oxygen atoms in total. The highest BCUT2D eigenvalue weighted by atomic mass is 16.5. The van der Waals surface area contributed by atoms with Crippen LogP contribution in [0.1, 0.15) is 30.0 Å². The number of pyridine rings is 1. The first-order chi connectivity index (χ1) is 9.58. The van der Waals surface area contributed by atoms with Gasteiger partial charge in [-0.15, -0.1) is 0 Å². The van der Waals surface area contributed by atoms with Crippen LogP contribution in [-0.2, 0) is 6.42 Å². The van der Waals surface area contributed by atoms with Gasteiger partial charge in [0, 0.05) is 18.3 Å². The first-order valence-electron chi connectivity index (χ1n) is 7.04. The molecule has 0 bridgehead atoms. The van der Waals surface area contributed by atoms with E-state index in [4.69, 9.17) is 10.5 Å². The molecule has 0 aliphatic carbocycles. The molecule has 0 radical (unpaired) electrons. The van der Waals surface area contributed by atoms with Crippen LogP contribution in [0.25, 0.3) is 0 Å². The van der Waals surface area contributed by atoms with Gasteiger partial charge in [0.1, 0.15) is 5.75 Å². The molecule has 20 heavy (non-hydrogen) atoms. The highest BCUT2D eigenvalue weighted by Gasteiger charge is 2.05. The lowest BCUT2D eigenvalue weighted by atomic mass is 10.1.